The van der Waals surface area contributed by atoms with Crippen molar-refractivity contribution in [2.45, 2.75) is 12.8 Å². The third kappa shape index (κ3) is 1.46. The molecule has 1 aliphatic rings. The summed E-state index contributed by atoms with van der Waals surface area (Å²) in [6.07, 6.45) is 2.15. The van der Waals surface area contributed by atoms with Gasteiger partial charge in [0.1, 0.15) is 5.52 Å². The number of amides is 1. The molecular formula is C12H12N2O2. The Balaban J connectivity index is 1.96. The molecule has 0 N–H and O–H groups in total. The smallest absolute Gasteiger partial charge is 0.309 e. The maximum Gasteiger partial charge on any atom is 0.309 e. The third-order valence-electron chi connectivity index (χ3n) is 2.87. The standard InChI is InChI=1S/C12H12N2O2/c15-12(14-7-3-4-8-14)11-13-9-5-1-2-6-10(9)16-11/h1-2,5-6H,3-4,7-8H2. The van der Waals surface area contributed by atoms with E-state index in [4.69, 9.17) is 4.42 Å². The zero-order valence-corrected chi connectivity index (χ0v) is 8.85. The molecule has 1 aliphatic heterocycles. The van der Waals surface area contributed by atoms with Gasteiger partial charge in [0.05, 0.1) is 0 Å². The molecule has 0 saturated carbocycles. The van der Waals surface area contributed by atoms with Crippen LogP contribution in [0.15, 0.2) is 28.7 Å². The van der Waals surface area contributed by atoms with Crippen LogP contribution >= 0.6 is 0 Å². The van der Waals surface area contributed by atoms with Gasteiger partial charge in [0.15, 0.2) is 5.58 Å². The van der Waals surface area contributed by atoms with Crippen molar-refractivity contribution >= 4 is 17.0 Å². The summed E-state index contributed by atoms with van der Waals surface area (Å²) < 4.78 is 5.44. The first kappa shape index (κ1) is 9.39. The number of aromatic nitrogens is 1. The summed E-state index contributed by atoms with van der Waals surface area (Å²) in [7, 11) is 0. The second-order valence-corrected chi connectivity index (χ2v) is 3.99. The van der Waals surface area contributed by atoms with E-state index in [9.17, 15) is 4.79 Å². The van der Waals surface area contributed by atoms with E-state index in [0.717, 1.165) is 31.4 Å². The van der Waals surface area contributed by atoms with Gasteiger partial charge in [-0.05, 0) is 25.0 Å². The van der Waals surface area contributed by atoms with Gasteiger partial charge < -0.3 is 9.32 Å². The van der Waals surface area contributed by atoms with Crippen LogP contribution in [0.4, 0.5) is 0 Å². The molecule has 0 aliphatic carbocycles. The number of para-hydroxylation sites is 2. The molecule has 2 aromatic rings. The van der Waals surface area contributed by atoms with Crippen molar-refractivity contribution in [3.63, 3.8) is 0 Å². The van der Waals surface area contributed by atoms with Crippen molar-refractivity contribution in [3.8, 4) is 0 Å². The lowest BCUT2D eigenvalue weighted by Gasteiger charge is -2.11. The molecule has 1 saturated heterocycles. The minimum Gasteiger partial charge on any atom is -0.432 e. The largest absolute Gasteiger partial charge is 0.432 e. The van der Waals surface area contributed by atoms with Crippen LogP contribution in [0, 0.1) is 0 Å². The number of hydrogen-bond acceptors (Lipinski definition) is 3. The Labute approximate surface area is 92.9 Å². The van der Waals surface area contributed by atoms with Gasteiger partial charge in [-0.1, -0.05) is 12.1 Å². The Bertz CT molecular complexity index is 494. The van der Waals surface area contributed by atoms with E-state index in [1.165, 1.54) is 0 Å². The number of hydrogen-bond donors (Lipinski definition) is 0. The number of rotatable bonds is 1. The average molecular weight is 216 g/mol. The Hall–Kier alpha value is -1.84. The number of benzene rings is 1. The molecule has 1 amide bonds. The van der Waals surface area contributed by atoms with Crippen LogP contribution in [0.3, 0.4) is 0 Å². The fraction of sp³-hybridized carbons (Fsp3) is 0.333. The summed E-state index contributed by atoms with van der Waals surface area (Å²) in [6, 6.07) is 7.43. The number of oxazole rings is 1. The van der Waals surface area contributed by atoms with Crippen LogP contribution in [-0.2, 0) is 0 Å². The lowest BCUT2D eigenvalue weighted by molar-refractivity contribution is 0.0756. The Morgan fingerprint density at radius 3 is 2.75 bits per heavy atom. The van der Waals surface area contributed by atoms with E-state index >= 15 is 0 Å². The first-order valence-corrected chi connectivity index (χ1v) is 5.49. The maximum atomic E-state index is 12.0. The van der Waals surface area contributed by atoms with E-state index < -0.39 is 0 Å². The number of fused-ring (bicyclic) bond motifs is 1. The van der Waals surface area contributed by atoms with Gasteiger partial charge in [0.2, 0.25) is 0 Å². The summed E-state index contributed by atoms with van der Waals surface area (Å²) >= 11 is 0. The molecule has 82 valence electrons. The first-order valence-electron chi connectivity index (χ1n) is 5.49. The third-order valence-corrected chi connectivity index (χ3v) is 2.87. The second-order valence-electron chi connectivity index (χ2n) is 3.99. The second kappa shape index (κ2) is 3.63. The molecule has 0 atom stereocenters. The maximum absolute atomic E-state index is 12.0. The summed E-state index contributed by atoms with van der Waals surface area (Å²) in [4.78, 5) is 18.0. The highest BCUT2D eigenvalue weighted by atomic mass is 16.4. The molecule has 1 fully saturated rings. The van der Waals surface area contributed by atoms with Gasteiger partial charge in [-0.2, -0.15) is 0 Å². The number of carbonyl (C=O) groups excluding carboxylic acids is 1. The molecule has 0 unspecified atom stereocenters. The van der Waals surface area contributed by atoms with E-state index in [2.05, 4.69) is 4.98 Å². The molecule has 1 aromatic carbocycles. The molecule has 0 spiro atoms. The first-order chi connectivity index (χ1) is 7.84. The Morgan fingerprint density at radius 2 is 2.00 bits per heavy atom. The van der Waals surface area contributed by atoms with Crippen LogP contribution in [0.25, 0.3) is 11.1 Å². The van der Waals surface area contributed by atoms with Crippen molar-refractivity contribution in [1.29, 1.82) is 0 Å². The molecule has 4 nitrogen and oxygen atoms in total. The minimum atomic E-state index is -0.0892. The Kier molecular flexibility index (Phi) is 2.13. The predicted molar refractivity (Wildman–Crippen MR) is 59.1 cm³/mol. The normalized spacial score (nSPS) is 15.9. The van der Waals surface area contributed by atoms with Gasteiger partial charge in [0, 0.05) is 13.1 Å². The number of likely N-dealkylation sites (tertiary alicyclic amines) is 1. The molecule has 0 radical (unpaired) electrons. The van der Waals surface area contributed by atoms with Crippen molar-refractivity contribution in [3.05, 3.63) is 30.2 Å². The van der Waals surface area contributed by atoms with Crippen LogP contribution < -0.4 is 0 Å². The highest BCUT2D eigenvalue weighted by molar-refractivity contribution is 5.92. The number of nitrogens with zero attached hydrogens (tertiary/aromatic N) is 2. The van der Waals surface area contributed by atoms with Gasteiger partial charge in [-0.25, -0.2) is 4.98 Å². The summed E-state index contributed by atoms with van der Waals surface area (Å²) in [6.45, 7) is 1.63. The van der Waals surface area contributed by atoms with Gasteiger partial charge in [0.25, 0.3) is 5.89 Å². The van der Waals surface area contributed by atoms with E-state index in [0.29, 0.717) is 5.58 Å². The van der Waals surface area contributed by atoms with Crippen LogP contribution in [0.2, 0.25) is 0 Å². The Morgan fingerprint density at radius 1 is 1.25 bits per heavy atom. The summed E-state index contributed by atoms with van der Waals surface area (Å²) in [5, 5.41) is 0. The SMILES string of the molecule is O=C(c1nc2ccccc2o1)N1CCCC1. The molecule has 4 heteroatoms. The molecular weight excluding hydrogens is 204 g/mol. The van der Waals surface area contributed by atoms with E-state index in [1.807, 2.05) is 24.3 Å². The lowest BCUT2D eigenvalue weighted by atomic mass is 10.3. The molecule has 2 heterocycles. The topological polar surface area (TPSA) is 46.3 Å². The highest BCUT2D eigenvalue weighted by Gasteiger charge is 2.23. The monoisotopic (exact) mass is 216 g/mol. The van der Waals surface area contributed by atoms with Gasteiger partial charge in [-0.15, -0.1) is 0 Å². The number of carbonyl (C=O) groups is 1. The molecule has 16 heavy (non-hydrogen) atoms. The van der Waals surface area contributed by atoms with E-state index in [-0.39, 0.29) is 11.8 Å². The van der Waals surface area contributed by atoms with Crippen LogP contribution in [-0.4, -0.2) is 28.9 Å². The van der Waals surface area contributed by atoms with Crippen molar-refractivity contribution in [2.75, 3.05) is 13.1 Å². The minimum absolute atomic E-state index is 0.0892. The summed E-state index contributed by atoms with van der Waals surface area (Å²) in [5.41, 5.74) is 1.41. The zero-order valence-electron chi connectivity index (χ0n) is 8.85. The van der Waals surface area contributed by atoms with Gasteiger partial charge >= 0.3 is 5.91 Å². The summed E-state index contributed by atoms with van der Waals surface area (Å²) in [5.74, 6) is 0.122. The van der Waals surface area contributed by atoms with Crippen LogP contribution in [0.5, 0.6) is 0 Å². The van der Waals surface area contributed by atoms with Crippen LogP contribution in [0.1, 0.15) is 23.5 Å². The fourth-order valence-electron chi connectivity index (χ4n) is 2.02. The zero-order chi connectivity index (χ0) is 11.0. The quantitative estimate of drug-likeness (QED) is 0.733. The highest BCUT2D eigenvalue weighted by Crippen LogP contribution is 2.18. The fourth-order valence-corrected chi connectivity index (χ4v) is 2.02. The molecule has 3 rings (SSSR count). The lowest BCUT2D eigenvalue weighted by Crippen LogP contribution is -2.27. The van der Waals surface area contributed by atoms with Crippen molar-refractivity contribution in [2.24, 2.45) is 0 Å². The predicted octanol–water partition coefficient (Wildman–Crippen LogP) is 2.06. The molecule has 0 bridgehead atoms. The van der Waals surface area contributed by atoms with Gasteiger partial charge in [-0.3, -0.25) is 4.79 Å². The molecule has 1 aromatic heterocycles. The van der Waals surface area contributed by atoms with Crippen molar-refractivity contribution in [1.82, 2.24) is 9.88 Å². The average Bonchev–Trinajstić information content (AvgIpc) is 2.97. The van der Waals surface area contributed by atoms with Crippen molar-refractivity contribution < 1.29 is 9.21 Å². The van der Waals surface area contributed by atoms with E-state index in [1.54, 1.807) is 4.90 Å².